The fourth-order valence-corrected chi connectivity index (χ4v) is 3.13. The van der Waals surface area contributed by atoms with Crippen molar-refractivity contribution in [1.82, 2.24) is 0 Å². The molecule has 0 aliphatic rings. The molecule has 28 heavy (non-hydrogen) atoms. The molecule has 1 N–H and O–H groups in total. The van der Waals surface area contributed by atoms with Gasteiger partial charge in [0.2, 0.25) is 5.12 Å². The standard InChI is InChI=1S/C22H19ClNO3S/c23-18-13-11-17(12-14-18)21(25)28-22(24-19-7-3-1-4-8-19)27-16-15-26-20-9-5-2-6-10-20/h1-14,24H,15-16H2. The quantitative estimate of drug-likeness (QED) is 0.445. The van der Waals surface area contributed by atoms with Gasteiger partial charge in [0.15, 0.2) is 0 Å². The Hall–Kier alpha value is -2.47. The molecule has 0 bridgehead atoms. The average Bonchev–Trinajstić information content (AvgIpc) is 2.73. The van der Waals surface area contributed by atoms with Crippen LogP contribution >= 0.6 is 23.4 Å². The van der Waals surface area contributed by atoms with Gasteiger partial charge in [-0.25, -0.2) is 0 Å². The highest BCUT2D eigenvalue weighted by Gasteiger charge is 2.19. The molecule has 0 spiro atoms. The highest BCUT2D eigenvalue weighted by Crippen LogP contribution is 2.27. The molecule has 3 rings (SSSR count). The van der Waals surface area contributed by atoms with E-state index in [1.807, 2.05) is 60.7 Å². The Kier molecular flexibility index (Phi) is 7.79. The highest BCUT2D eigenvalue weighted by molar-refractivity contribution is 8.16. The molecule has 3 aromatic carbocycles. The number of rotatable bonds is 9. The van der Waals surface area contributed by atoms with Gasteiger partial charge in [0.1, 0.15) is 12.4 Å². The maximum absolute atomic E-state index is 12.6. The van der Waals surface area contributed by atoms with Gasteiger partial charge in [0, 0.05) is 16.3 Å². The van der Waals surface area contributed by atoms with Gasteiger partial charge >= 0.3 is 0 Å². The Bertz CT molecular complexity index is 860. The van der Waals surface area contributed by atoms with Gasteiger partial charge < -0.3 is 14.8 Å². The Morgan fingerprint density at radius 1 is 0.857 bits per heavy atom. The molecule has 143 valence electrons. The zero-order valence-electron chi connectivity index (χ0n) is 15.0. The number of carbonyl (C=O) groups is 1. The summed E-state index contributed by atoms with van der Waals surface area (Å²) in [6.07, 6.45) is 0. The summed E-state index contributed by atoms with van der Waals surface area (Å²) in [6, 6.07) is 25.8. The SMILES string of the molecule is O=C(S[C](Nc1ccccc1)OCCOc1ccccc1)c1ccc(Cl)cc1. The molecule has 3 aromatic rings. The molecule has 0 saturated carbocycles. The van der Waals surface area contributed by atoms with E-state index in [2.05, 4.69) is 5.32 Å². The fourth-order valence-electron chi connectivity index (χ4n) is 2.27. The van der Waals surface area contributed by atoms with Crippen molar-refractivity contribution in [3.63, 3.8) is 0 Å². The van der Waals surface area contributed by atoms with Crippen LogP contribution in [0.25, 0.3) is 0 Å². The van der Waals surface area contributed by atoms with E-state index in [0.29, 0.717) is 29.4 Å². The van der Waals surface area contributed by atoms with E-state index in [-0.39, 0.29) is 5.12 Å². The van der Waals surface area contributed by atoms with Crippen LogP contribution in [0.1, 0.15) is 10.4 Å². The molecule has 0 heterocycles. The summed E-state index contributed by atoms with van der Waals surface area (Å²) in [5, 5.41) is 3.59. The van der Waals surface area contributed by atoms with Gasteiger partial charge in [0.05, 0.1) is 6.61 Å². The number of ether oxygens (including phenoxy) is 2. The maximum atomic E-state index is 12.6. The number of anilines is 1. The van der Waals surface area contributed by atoms with Crippen LogP contribution < -0.4 is 10.1 Å². The summed E-state index contributed by atoms with van der Waals surface area (Å²) in [7, 11) is 0. The van der Waals surface area contributed by atoms with E-state index >= 15 is 0 Å². The van der Waals surface area contributed by atoms with Crippen LogP contribution in [0.2, 0.25) is 5.02 Å². The highest BCUT2D eigenvalue weighted by atomic mass is 35.5. The Morgan fingerprint density at radius 3 is 2.18 bits per heavy atom. The fraction of sp³-hybridized carbons (Fsp3) is 0.0909. The molecule has 0 aliphatic carbocycles. The number of halogens is 1. The molecule has 0 saturated heterocycles. The molecule has 0 atom stereocenters. The minimum Gasteiger partial charge on any atom is -0.491 e. The summed E-state index contributed by atoms with van der Waals surface area (Å²) in [5.74, 6) is 0.772. The van der Waals surface area contributed by atoms with E-state index in [0.717, 1.165) is 23.2 Å². The number of carbonyl (C=O) groups excluding carboxylic acids is 1. The largest absolute Gasteiger partial charge is 0.491 e. The van der Waals surface area contributed by atoms with Gasteiger partial charge in [-0.3, -0.25) is 4.79 Å². The molecule has 0 amide bonds. The van der Waals surface area contributed by atoms with Crippen LogP contribution in [-0.2, 0) is 4.74 Å². The number of thioether (sulfide) groups is 1. The predicted molar refractivity (Wildman–Crippen MR) is 115 cm³/mol. The lowest BCUT2D eigenvalue weighted by Crippen LogP contribution is -2.17. The van der Waals surface area contributed by atoms with Crippen LogP contribution in [0.3, 0.4) is 0 Å². The first-order valence-electron chi connectivity index (χ1n) is 8.68. The molecular weight excluding hydrogens is 394 g/mol. The molecule has 0 fully saturated rings. The van der Waals surface area contributed by atoms with E-state index in [1.54, 1.807) is 24.3 Å². The Labute approximate surface area is 173 Å². The molecular formula is C22H19ClNO3S. The third-order valence-electron chi connectivity index (χ3n) is 3.61. The van der Waals surface area contributed by atoms with E-state index < -0.39 is 0 Å². The summed E-state index contributed by atoms with van der Waals surface area (Å²) < 4.78 is 11.4. The van der Waals surface area contributed by atoms with Crippen molar-refractivity contribution in [2.75, 3.05) is 18.5 Å². The zero-order valence-corrected chi connectivity index (χ0v) is 16.6. The van der Waals surface area contributed by atoms with Crippen LogP contribution in [0.15, 0.2) is 84.9 Å². The monoisotopic (exact) mass is 412 g/mol. The number of hydrogen-bond donors (Lipinski definition) is 1. The van der Waals surface area contributed by atoms with Crippen LogP contribution in [0, 0.1) is 5.56 Å². The topological polar surface area (TPSA) is 47.6 Å². The molecule has 6 heteroatoms. The lowest BCUT2D eigenvalue weighted by molar-refractivity contribution is 0.108. The van der Waals surface area contributed by atoms with Gasteiger partial charge in [-0.15, -0.1) is 0 Å². The molecule has 1 radical (unpaired) electrons. The number of nitrogens with one attached hydrogen (secondary N) is 1. The second-order valence-electron chi connectivity index (χ2n) is 5.68. The van der Waals surface area contributed by atoms with Crippen molar-refractivity contribution >= 4 is 34.2 Å². The van der Waals surface area contributed by atoms with Gasteiger partial charge in [0.25, 0.3) is 5.56 Å². The Morgan fingerprint density at radius 2 is 1.50 bits per heavy atom. The van der Waals surface area contributed by atoms with Crippen molar-refractivity contribution in [3.8, 4) is 5.75 Å². The number of benzene rings is 3. The van der Waals surface area contributed by atoms with Gasteiger partial charge in [-0.1, -0.05) is 48.0 Å². The van der Waals surface area contributed by atoms with Crippen molar-refractivity contribution in [3.05, 3.63) is 101 Å². The summed E-state index contributed by atoms with van der Waals surface area (Å²) in [4.78, 5) is 12.6. The Balaban J connectivity index is 1.57. The van der Waals surface area contributed by atoms with Crippen LogP contribution in [0.4, 0.5) is 5.69 Å². The van der Waals surface area contributed by atoms with Crippen molar-refractivity contribution in [1.29, 1.82) is 0 Å². The van der Waals surface area contributed by atoms with Crippen LogP contribution in [-0.4, -0.2) is 18.3 Å². The molecule has 0 aromatic heterocycles. The summed E-state index contributed by atoms with van der Waals surface area (Å²) in [6.45, 7) is 0.657. The normalized spacial score (nSPS) is 10.6. The minimum atomic E-state index is -0.140. The maximum Gasteiger partial charge on any atom is 0.255 e. The smallest absolute Gasteiger partial charge is 0.255 e. The van der Waals surface area contributed by atoms with Crippen molar-refractivity contribution < 1.29 is 14.3 Å². The van der Waals surface area contributed by atoms with Crippen LogP contribution in [0.5, 0.6) is 5.75 Å². The van der Waals surface area contributed by atoms with E-state index in [1.165, 1.54) is 0 Å². The molecule has 4 nitrogen and oxygen atoms in total. The molecule has 0 aliphatic heterocycles. The van der Waals surface area contributed by atoms with Crippen molar-refractivity contribution in [2.24, 2.45) is 0 Å². The zero-order chi connectivity index (χ0) is 19.6. The van der Waals surface area contributed by atoms with Gasteiger partial charge in [-0.05, 0) is 60.3 Å². The first-order chi connectivity index (χ1) is 13.7. The summed E-state index contributed by atoms with van der Waals surface area (Å²) in [5.41, 5.74) is 1.77. The second kappa shape index (κ2) is 10.8. The first kappa shape index (κ1) is 20.3. The number of para-hydroxylation sites is 2. The van der Waals surface area contributed by atoms with Crippen molar-refractivity contribution in [2.45, 2.75) is 0 Å². The first-order valence-corrected chi connectivity index (χ1v) is 9.87. The average molecular weight is 413 g/mol. The molecule has 0 unspecified atom stereocenters. The number of hydrogen-bond acceptors (Lipinski definition) is 5. The third-order valence-corrected chi connectivity index (χ3v) is 4.69. The second-order valence-corrected chi connectivity index (χ2v) is 7.07. The predicted octanol–water partition coefficient (Wildman–Crippen LogP) is 5.87. The summed E-state index contributed by atoms with van der Waals surface area (Å²) >= 11 is 6.88. The van der Waals surface area contributed by atoms with Gasteiger partial charge in [-0.2, -0.15) is 0 Å². The lowest BCUT2D eigenvalue weighted by Gasteiger charge is -2.17. The van der Waals surface area contributed by atoms with E-state index in [4.69, 9.17) is 21.1 Å². The van der Waals surface area contributed by atoms with E-state index in [9.17, 15) is 4.79 Å². The lowest BCUT2D eigenvalue weighted by atomic mass is 10.2. The third kappa shape index (κ3) is 6.60. The minimum absolute atomic E-state index is 0.140.